The Balaban J connectivity index is 1.53. The van der Waals surface area contributed by atoms with Gasteiger partial charge in [0.15, 0.2) is 0 Å². The van der Waals surface area contributed by atoms with Gasteiger partial charge in [0.1, 0.15) is 0 Å². The van der Waals surface area contributed by atoms with Crippen LogP contribution < -0.4 is 10.2 Å². The number of nitrogens with zero attached hydrogens (tertiary/aromatic N) is 2. The van der Waals surface area contributed by atoms with Crippen LogP contribution in [-0.2, 0) is 23.0 Å². The van der Waals surface area contributed by atoms with Crippen molar-refractivity contribution >= 4 is 21.7 Å². The maximum absolute atomic E-state index is 13.5. The molecule has 172 valence electrons. The van der Waals surface area contributed by atoms with Crippen LogP contribution in [0.1, 0.15) is 57.1 Å². The zero-order valence-corrected chi connectivity index (χ0v) is 19.8. The Morgan fingerprint density at radius 3 is 2.50 bits per heavy atom. The van der Waals surface area contributed by atoms with Crippen LogP contribution in [0.5, 0.6) is 0 Å². The van der Waals surface area contributed by atoms with Gasteiger partial charge >= 0.3 is 6.03 Å². The summed E-state index contributed by atoms with van der Waals surface area (Å²) in [4.78, 5) is 14.9. The fourth-order valence-corrected chi connectivity index (χ4v) is 6.37. The highest BCUT2D eigenvalue weighted by Crippen LogP contribution is 2.32. The summed E-state index contributed by atoms with van der Waals surface area (Å²) in [5, 5.41) is 3.17. The molecule has 1 saturated carbocycles. The Morgan fingerprint density at radius 2 is 1.81 bits per heavy atom. The number of rotatable bonds is 6. The number of hydrogen-bond donors (Lipinski definition) is 1. The smallest absolute Gasteiger partial charge is 0.322 e. The number of sulfonamides is 1. The summed E-state index contributed by atoms with van der Waals surface area (Å²) in [5.41, 5.74) is 2.68. The second-order valence-electron chi connectivity index (χ2n) is 9.11. The van der Waals surface area contributed by atoms with Crippen LogP contribution in [-0.4, -0.2) is 37.4 Å². The van der Waals surface area contributed by atoms with Crippen LogP contribution in [0.3, 0.4) is 0 Å². The number of anilines is 1. The van der Waals surface area contributed by atoms with E-state index in [1.54, 1.807) is 23.1 Å². The van der Waals surface area contributed by atoms with Gasteiger partial charge in [0.2, 0.25) is 10.0 Å². The van der Waals surface area contributed by atoms with Crippen LogP contribution in [0, 0.1) is 0 Å². The third kappa shape index (κ3) is 4.84. The van der Waals surface area contributed by atoms with Crippen molar-refractivity contribution in [3.63, 3.8) is 0 Å². The molecule has 7 heteroatoms. The quantitative estimate of drug-likeness (QED) is 0.687. The molecular formula is C25H33N3O3S. The fourth-order valence-electron chi connectivity index (χ4n) is 4.69. The van der Waals surface area contributed by atoms with Gasteiger partial charge in [0, 0.05) is 30.9 Å². The second kappa shape index (κ2) is 9.63. The SMILES string of the molecule is CC(C)N(Cc1ccccc1)S(=O)(=O)c1ccc2c(c1)CCN2C(=O)NC1CCCCC1. The van der Waals surface area contributed by atoms with E-state index < -0.39 is 10.0 Å². The summed E-state index contributed by atoms with van der Waals surface area (Å²) >= 11 is 0. The van der Waals surface area contributed by atoms with Crippen molar-refractivity contribution in [2.24, 2.45) is 0 Å². The van der Waals surface area contributed by atoms with E-state index in [1.807, 2.05) is 44.2 Å². The van der Waals surface area contributed by atoms with E-state index in [4.69, 9.17) is 0 Å². The lowest BCUT2D eigenvalue weighted by atomic mass is 9.96. The third-order valence-electron chi connectivity index (χ3n) is 6.49. The topological polar surface area (TPSA) is 69.7 Å². The number of fused-ring (bicyclic) bond motifs is 1. The zero-order valence-electron chi connectivity index (χ0n) is 19.0. The lowest BCUT2D eigenvalue weighted by Crippen LogP contribution is -2.45. The minimum absolute atomic E-state index is 0.0702. The molecule has 2 aromatic carbocycles. The predicted molar refractivity (Wildman–Crippen MR) is 127 cm³/mol. The molecule has 32 heavy (non-hydrogen) atoms. The number of carbonyl (C=O) groups is 1. The first-order valence-corrected chi connectivity index (χ1v) is 13.1. The average molecular weight is 456 g/mol. The molecular weight excluding hydrogens is 422 g/mol. The van der Waals surface area contributed by atoms with E-state index in [0.29, 0.717) is 19.5 Å². The van der Waals surface area contributed by atoms with Crippen LogP contribution in [0.25, 0.3) is 0 Å². The molecule has 1 heterocycles. The first kappa shape index (κ1) is 22.8. The van der Waals surface area contributed by atoms with Crippen molar-refractivity contribution in [3.8, 4) is 0 Å². The number of nitrogens with one attached hydrogen (secondary N) is 1. The van der Waals surface area contributed by atoms with Crippen LogP contribution in [0.15, 0.2) is 53.4 Å². The molecule has 2 amide bonds. The van der Waals surface area contributed by atoms with E-state index in [1.165, 1.54) is 10.7 Å². The Hall–Kier alpha value is -2.38. The summed E-state index contributed by atoms with van der Waals surface area (Å²) in [7, 11) is -3.67. The molecule has 1 fully saturated rings. The van der Waals surface area contributed by atoms with Crippen LogP contribution >= 0.6 is 0 Å². The number of benzene rings is 2. The maximum Gasteiger partial charge on any atom is 0.322 e. The van der Waals surface area contributed by atoms with Crippen molar-refractivity contribution in [2.45, 2.75) is 75.9 Å². The van der Waals surface area contributed by atoms with Gasteiger partial charge in [-0.15, -0.1) is 0 Å². The third-order valence-corrected chi connectivity index (χ3v) is 8.51. The van der Waals surface area contributed by atoms with E-state index in [9.17, 15) is 13.2 Å². The molecule has 1 aliphatic heterocycles. The van der Waals surface area contributed by atoms with E-state index >= 15 is 0 Å². The molecule has 0 atom stereocenters. The molecule has 0 saturated heterocycles. The molecule has 2 aliphatic rings. The summed E-state index contributed by atoms with van der Waals surface area (Å²) < 4.78 is 28.5. The molecule has 0 spiro atoms. The second-order valence-corrected chi connectivity index (χ2v) is 11.0. The number of carbonyl (C=O) groups excluding carboxylic acids is 1. The van der Waals surface area contributed by atoms with E-state index in [0.717, 1.165) is 42.5 Å². The van der Waals surface area contributed by atoms with Gasteiger partial charge in [-0.25, -0.2) is 13.2 Å². The van der Waals surface area contributed by atoms with Gasteiger partial charge in [-0.05, 0) is 62.4 Å². The van der Waals surface area contributed by atoms with E-state index in [2.05, 4.69) is 5.32 Å². The molecule has 4 rings (SSSR count). The molecule has 0 radical (unpaired) electrons. The van der Waals surface area contributed by atoms with Gasteiger partial charge in [-0.3, -0.25) is 4.90 Å². The van der Waals surface area contributed by atoms with Gasteiger partial charge in [-0.2, -0.15) is 4.31 Å². The summed E-state index contributed by atoms with van der Waals surface area (Å²) in [6.07, 6.45) is 6.31. The van der Waals surface area contributed by atoms with Gasteiger partial charge in [-0.1, -0.05) is 49.6 Å². The molecule has 0 unspecified atom stereocenters. The molecule has 6 nitrogen and oxygen atoms in total. The highest BCUT2D eigenvalue weighted by atomic mass is 32.2. The highest BCUT2D eigenvalue weighted by Gasteiger charge is 2.31. The minimum atomic E-state index is -3.67. The lowest BCUT2D eigenvalue weighted by molar-refractivity contribution is 0.238. The van der Waals surface area contributed by atoms with Gasteiger partial charge in [0.25, 0.3) is 0 Å². The van der Waals surface area contributed by atoms with Crippen molar-refractivity contribution in [1.82, 2.24) is 9.62 Å². The Kier molecular flexibility index (Phi) is 6.86. The summed E-state index contributed by atoms with van der Waals surface area (Å²) in [6, 6.07) is 14.8. The Morgan fingerprint density at radius 1 is 1.09 bits per heavy atom. The number of amides is 2. The van der Waals surface area contributed by atoms with Crippen molar-refractivity contribution in [2.75, 3.05) is 11.4 Å². The highest BCUT2D eigenvalue weighted by molar-refractivity contribution is 7.89. The number of hydrogen-bond acceptors (Lipinski definition) is 3. The Bertz CT molecular complexity index is 1050. The maximum atomic E-state index is 13.5. The molecule has 0 aromatic heterocycles. The fraction of sp³-hybridized carbons (Fsp3) is 0.480. The van der Waals surface area contributed by atoms with Gasteiger partial charge < -0.3 is 5.32 Å². The van der Waals surface area contributed by atoms with Crippen molar-refractivity contribution < 1.29 is 13.2 Å². The molecule has 0 bridgehead atoms. The molecule has 1 N–H and O–H groups in total. The predicted octanol–water partition coefficient (Wildman–Crippen LogP) is 4.69. The normalized spacial score (nSPS) is 17.1. The molecule has 1 aliphatic carbocycles. The first-order chi connectivity index (χ1) is 15.4. The standard InChI is InChI=1S/C25H33N3O3S/c1-19(2)28(18-20-9-5-3-6-10-20)32(30,31)23-13-14-24-21(17-23)15-16-27(24)25(29)26-22-11-7-4-8-12-22/h3,5-6,9-10,13-14,17,19,22H,4,7-8,11-12,15-16,18H2,1-2H3,(H,26,29). The lowest BCUT2D eigenvalue weighted by Gasteiger charge is -2.27. The summed E-state index contributed by atoms with van der Waals surface area (Å²) in [6.45, 7) is 4.69. The van der Waals surface area contributed by atoms with Crippen molar-refractivity contribution in [1.29, 1.82) is 0 Å². The number of urea groups is 1. The van der Waals surface area contributed by atoms with Gasteiger partial charge in [0.05, 0.1) is 4.90 Å². The van der Waals surface area contributed by atoms with Crippen LogP contribution in [0.4, 0.5) is 10.5 Å². The molecule has 2 aromatic rings. The monoisotopic (exact) mass is 455 g/mol. The summed E-state index contributed by atoms with van der Waals surface area (Å²) in [5.74, 6) is 0. The first-order valence-electron chi connectivity index (χ1n) is 11.6. The average Bonchev–Trinajstić information content (AvgIpc) is 3.22. The largest absolute Gasteiger partial charge is 0.335 e. The zero-order chi connectivity index (χ0) is 22.7. The van der Waals surface area contributed by atoms with E-state index in [-0.39, 0.29) is 23.0 Å². The minimum Gasteiger partial charge on any atom is -0.335 e. The van der Waals surface area contributed by atoms with Crippen molar-refractivity contribution in [3.05, 3.63) is 59.7 Å². The Labute approximate surface area is 191 Å². The van der Waals surface area contributed by atoms with Crippen LogP contribution in [0.2, 0.25) is 0 Å².